The lowest BCUT2D eigenvalue weighted by Crippen LogP contribution is -2.21. The number of benzene rings is 1. The molecule has 0 saturated heterocycles. The molecule has 2 rings (SSSR count). The van der Waals surface area contributed by atoms with E-state index in [9.17, 15) is 0 Å². The smallest absolute Gasteiger partial charge is 0.260 e. The molecule has 3 nitrogen and oxygen atoms in total. The maximum absolute atomic E-state index is 6.02. The van der Waals surface area contributed by atoms with Crippen LogP contribution in [0.1, 0.15) is 35.9 Å². The van der Waals surface area contributed by atoms with E-state index in [0.29, 0.717) is 5.22 Å². The number of rotatable bonds is 5. The van der Waals surface area contributed by atoms with Crippen LogP contribution in [0, 0.1) is 20.8 Å². The monoisotopic (exact) mass is 290 g/mol. The first kappa shape index (κ1) is 15.1. The van der Waals surface area contributed by atoms with Gasteiger partial charge < -0.3 is 10.2 Å². The maximum Gasteiger partial charge on any atom is 0.260 e. The molecule has 1 aromatic heterocycles. The van der Waals surface area contributed by atoms with Gasteiger partial charge in [-0.05, 0) is 68.6 Å². The number of nitrogens with two attached hydrogens (primary N) is 1. The Morgan fingerprint density at radius 2 is 2.05 bits per heavy atom. The Morgan fingerprint density at radius 1 is 1.30 bits per heavy atom. The topological polar surface area (TPSA) is 52.0 Å². The lowest BCUT2D eigenvalue weighted by atomic mass is 10.0. The third-order valence-corrected chi connectivity index (χ3v) is 4.37. The molecule has 2 aromatic rings. The molecule has 0 fully saturated rings. The van der Waals surface area contributed by atoms with Gasteiger partial charge in [0.25, 0.3) is 5.22 Å². The van der Waals surface area contributed by atoms with Crippen LogP contribution in [0.25, 0.3) is 0 Å². The largest absolute Gasteiger partial charge is 0.436 e. The van der Waals surface area contributed by atoms with E-state index in [4.69, 9.17) is 10.2 Å². The Labute approximate surface area is 125 Å². The number of hydrogen-bond donors (Lipinski definition) is 1. The molecule has 0 aliphatic heterocycles. The van der Waals surface area contributed by atoms with Crippen LogP contribution in [-0.2, 0) is 6.42 Å². The van der Waals surface area contributed by atoms with Crippen molar-refractivity contribution in [1.82, 2.24) is 4.98 Å². The van der Waals surface area contributed by atoms with E-state index in [1.807, 2.05) is 13.8 Å². The highest BCUT2D eigenvalue weighted by Crippen LogP contribution is 2.30. The van der Waals surface area contributed by atoms with Crippen molar-refractivity contribution < 1.29 is 4.42 Å². The van der Waals surface area contributed by atoms with Crippen LogP contribution in [0.4, 0.5) is 0 Å². The first-order valence-electron chi connectivity index (χ1n) is 6.96. The number of aryl methyl sites for hydroxylation is 3. The van der Waals surface area contributed by atoms with E-state index in [1.165, 1.54) is 11.1 Å². The third kappa shape index (κ3) is 3.64. The molecule has 1 aromatic carbocycles. The molecule has 0 saturated carbocycles. The molecule has 0 aliphatic rings. The van der Waals surface area contributed by atoms with Crippen LogP contribution in [0.3, 0.4) is 0 Å². The van der Waals surface area contributed by atoms with Crippen molar-refractivity contribution >= 4 is 11.8 Å². The first-order valence-corrected chi connectivity index (χ1v) is 7.78. The van der Waals surface area contributed by atoms with E-state index in [0.717, 1.165) is 29.2 Å². The van der Waals surface area contributed by atoms with Crippen LogP contribution < -0.4 is 5.73 Å². The van der Waals surface area contributed by atoms with Crippen molar-refractivity contribution in [2.45, 2.75) is 56.7 Å². The lowest BCUT2D eigenvalue weighted by molar-refractivity contribution is 0.431. The van der Waals surface area contributed by atoms with Gasteiger partial charge in [-0.2, -0.15) is 0 Å². The predicted octanol–water partition coefficient (Wildman–Crippen LogP) is 4.03. The second-order valence-corrected chi connectivity index (χ2v) is 6.21. The summed E-state index contributed by atoms with van der Waals surface area (Å²) >= 11 is 1.56. The highest BCUT2D eigenvalue weighted by molar-refractivity contribution is 7.99. The zero-order valence-corrected chi connectivity index (χ0v) is 13.4. The van der Waals surface area contributed by atoms with Crippen LogP contribution in [0.5, 0.6) is 0 Å². The molecule has 0 spiro atoms. The Balaban J connectivity index is 2.12. The van der Waals surface area contributed by atoms with Crippen molar-refractivity contribution in [3.8, 4) is 0 Å². The molecule has 0 bridgehead atoms. The Hall–Kier alpha value is -1.26. The van der Waals surface area contributed by atoms with Crippen LogP contribution >= 0.6 is 11.8 Å². The molecule has 0 aliphatic carbocycles. The summed E-state index contributed by atoms with van der Waals surface area (Å²) in [6.07, 6.45) is 1.94. The van der Waals surface area contributed by atoms with Gasteiger partial charge in [-0.1, -0.05) is 13.0 Å². The summed E-state index contributed by atoms with van der Waals surface area (Å²) in [6.45, 7) is 8.15. The number of aromatic nitrogens is 1. The third-order valence-electron chi connectivity index (χ3n) is 3.53. The normalized spacial score (nSPS) is 12.7. The summed E-state index contributed by atoms with van der Waals surface area (Å²) < 4.78 is 5.60. The summed E-state index contributed by atoms with van der Waals surface area (Å²) in [6, 6.07) is 6.70. The second-order valence-electron chi connectivity index (χ2n) is 5.18. The summed E-state index contributed by atoms with van der Waals surface area (Å²) in [7, 11) is 0. The second kappa shape index (κ2) is 6.46. The van der Waals surface area contributed by atoms with E-state index in [2.05, 4.69) is 37.0 Å². The minimum absolute atomic E-state index is 0.240. The number of hydrogen-bond acceptors (Lipinski definition) is 4. The summed E-state index contributed by atoms with van der Waals surface area (Å²) in [5.41, 5.74) is 9.58. The molecular weight excluding hydrogens is 268 g/mol. The minimum atomic E-state index is 0.240. The van der Waals surface area contributed by atoms with E-state index < -0.39 is 0 Å². The van der Waals surface area contributed by atoms with Crippen LogP contribution in [0.2, 0.25) is 0 Å². The zero-order valence-electron chi connectivity index (χ0n) is 12.6. The molecule has 0 amide bonds. The molecule has 1 atom stereocenters. The summed E-state index contributed by atoms with van der Waals surface area (Å²) in [4.78, 5) is 5.55. The van der Waals surface area contributed by atoms with Crippen molar-refractivity contribution in [3.63, 3.8) is 0 Å². The first-order chi connectivity index (χ1) is 9.49. The van der Waals surface area contributed by atoms with E-state index in [1.54, 1.807) is 11.8 Å². The van der Waals surface area contributed by atoms with Crippen LogP contribution in [-0.4, -0.2) is 11.0 Å². The molecule has 20 heavy (non-hydrogen) atoms. The van der Waals surface area contributed by atoms with Crippen molar-refractivity contribution in [3.05, 3.63) is 40.8 Å². The predicted molar refractivity (Wildman–Crippen MR) is 83.2 cm³/mol. The molecule has 1 unspecified atom stereocenters. The average Bonchev–Trinajstić information content (AvgIpc) is 2.71. The van der Waals surface area contributed by atoms with Crippen LogP contribution in [0.15, 0.2) is 32.7 Å². The summed E-state index contributed by atoms with van der Waals surface area (Å²) in [5.74, 6) is 0.884. The fraction of sp³-hybridized carbons (Fsp3) is 0.438. The standard InChI is InChI=1S/C16H22N2OS/c1-5-14(17)9-13-6-7-15(8-10(13)2)20-16-18-11(3)12(4)19-16/h6-8,14H,5,9,17H2,1-4H3. The Kier molecular flexibility index (Phi) is 4.89. The molecule has 0 radical (unpaired) electrons. The summed E-state index contributed by atoms with van der Waals surface area (Å²) in [5, 5.41) is 0.706. The molecule has 1 heterocycles. The Bertz CT molecular complexity index is 573. The fourth-order valence-corrected chi connectivity index (χ4v) is 2.90. The van der Waals surface area contributed by atoms with Gasteiger partial charge in [-0.3, -0.25) is 0 Å². The maximum atomic E-state index is 6.02. The van der Waals surface area contributed by atoms with Gasteiger partial charge in [-0.15, -0.1) is 0 Å². The van der Waals surface area contributed by atoms with Crippen molar-refractivity contribution in [2.75, 3.05) is 0 Å². The average molecular weight is 290 g/mol. The van der Waals surface area contributed by atoms with Gasteiger partial charge in [0, 0.05) is 10.9 Å². The molecule has 108 valence electrons. The lowest BCUT2D eigenvalue weighted by Gasteiger charge is -2.12. The van der Waals surface area contributed by atoms with E-state index >= 15 is 0 Å². The molecule has 4 heteroatoms. The number of nitrogens with zero attached hydrogens (tertiary/aromatic N) is 1. The molecule has 2 N–H and O–H groups in total. The minimum Gasteiger partial charge on any atom is -0.436 e. The zero-order chi connectivity index (χ0) is 14.7. The van der Waals surface area contributed by atoms with Gasteiger partial charge in [0.05, 0.1) is 5.69 Å². The van der Waals surface area contributed by atoms with E-state index in [-0.39, 0.29) is 6.04 Å². The van der Waals surface area contributed by atoms with Gasteiger partial charge in [-0.25, -0.2) is 4.98 Å². The van der Waals surface area contributed by atoms with Gasteiger partial charge in [0.15, 0.2) is 0 Å². The number of oxazole rings is 1. The van der Waals surface area contributed by atoms with Crippen molar-refractivity contribution in [2.24, 2.45) is 5.73 Å². The van der Waals surface area contributed by atoms with Crippen molar-refractivity contribution in [1.29, 1.82) is 0 Å². The SMILES string of the molecule is CCC(N)Cc1ccc(Sc2nc(C)c(C)o2)cc1C. The van der Waals surface area contributed by atoms with Gasteiger partial charge in [0.2, 0.25) is 0 Å². The quantitative estimate of drug-likeness (QED) is 0.903. The fourth-order valence-electron chi connectivity index (χ4n) is 1.98. The van der Waals surface area contributed by atoms with Gasteiger partial charge in [0.1, 0.15) is 5.76 Å². The highest BCUT2D eigenvalue weighted by atomic mass is 32.2. The van der Waals surface area contributed by atoms with Gasteiger partial charge >= 0.3 is 0 Å². The Morgan fingerprint density at radius 3 is 2.60 bits per heavy atom. The molecular formula is C16H22N2OS. The highest BCUT2D eigenvalue weighted by Gasteiger charge is 2.09.